The van der Waals surface area contributed by atoms with Crippen LogP contribution in [0.5, 0.6) is 0 Å². The van der Waals surface area contributed by atoms with Gasteiger partial charge in [-0.2, -0.15) is 13.2 Å². The molecule has 0 atom stereocenters. The van der Waals surface area contributed by atoms with Crippen LogP contribution < -0.4 is 0 Å². The molecule has 1 aromatic rings. The largest absolute Gasteiger partial charge is 0.475 e. The Morgan fingerprint density at radius 2 is 1.64 bits per heavy atom. The minimum absolute atomic E-state index is 0.00116. The van der Waals surface area contributed by atoms with Crippen molar-refractivity contribution in [1.82, 2.24) is 0 Å². The molecule has 1 aromatic carbocycles. The maximum atomic E-state index is 13.1. The Balaban J connectivity index is 2.89. The van der Waals surface area contributed by atoms with Crippen molar-refractivity contribution in [2.45, 2.75) is 20.0 Å². The van der Waals surface area contributed by atoms with Crippen molar-refractivity contribution >= 4 is 13.4 Å². The summed E-state index contributed by atoms with van der Waals surface area (Å²) in [6.45, 7) is 2.74. The van der Waals surface area contributed by atoms with Crippen molar-refractivity contribution in [2.75, 3.05) is 19.8 Å². The molecule has 0 unspecified atom stereocenters. The molecule has 0 saturated carbocycles. The highest BCUT2D eigenvalue weighted by Gasteiger charge is 2.34. The molecule has 0 bridgehead atoms. The topological polar surface area (TPSA) is 44.8 Å². The SMILES string of the molecule is CCOP(=O)(OCC)OCC=C(c1ccccc1)C(F)(F)F. The highest BCUT2D eigenvalue weighted by Crippen LogP contribution is 2.49. The molecule has 0 heterocycles. The lowest BCUT2D eigenvalue weighted by Gasteiger charge is -2.16. The fourth-order valence-corrected chi connectivity index (χ4v) is 2.77. The Hall–Kier alpha value is -1.14. The lowest BCUT2D eigenvalue weighted by Crippen LogP contribution is -2.12. The standard InChI is InChI=1S/C14H18F3O4P/c1-3-19-22(18,20-4-2)21-11-10-13(14(15,16)17)12-8-6-5-7-9-12/h5-10H,3-4,11H2,1-2H3. The Bertz CT molecular complexity index is 519. The number of phosphoric ester groups is 1. The van der Waals surface area contributed by atoms with Gasteiger partial charge in [-0.05, 0) is 25.5 Å². The van der Waals surface area contributed by atoms with Crippen molar-refractivity contribution in [3.8, 4) is 0 Å². The first kappa shape index (κ1) is 18.9. The van der Waals surface area contributed by atoms with Crippen molar-refractivity contribution in [1.29, 1.82) is 0 Å². The van der Waals surface area contributed by atoms with Gasteiger partial charge in [0.15, 0.2) is 0 Å². The second kappa shape index (κ2) is 8.48. The van der Waals surface area contributed by atoms with Crippen LogP contribution in [0.2, 0.25) is 0 Å². The molecule has 0 aliphatic rings. The van der Waals surface area contributed by atoms with Crippen LogP contribution in [0.1, 0.15) is 19.4 Å². The van der Waals surface area contributed by atoms with Gasteiger partial charge in [0, 0.05) is 0 Å². The molecule has 0 aliphatic heterocycles. The Morgan fingerprint density at radius 1 is 1.09 bits per heavy atom. The second-order valence-corrected chi connectivity index (χ2v) is 5.73. The minimum atomic E-state index is -4.55. The molecule has 124 valence electrons. The molecule has 8 heteroatoms. The summed E-state index contributed by atoms with van der Waals surface area (Å²) in [6, 6.07) is 7.29. The number of rotatable bonds is 8. The molecule has 0 fully saturated rings. The van der Waals surface area contributed by atoms with Gasteiger partial charge in [0.2, 0.25) is 0 Å². The van der Waals surface area contributed by atoms with Crippen molar-refractivity contribution < 1.29 is 31.3 Å². The monoisotopic (exact) mass is 338 g/mol. The number of phosphoric acid groups is 1. The third-order valence-corrected chi connectivity index (χ3v) is 4.10. The smallest absolute Gasteiger partial charge is 0.287 e. The zero-order valence-corrected chi connectivity index (χ0v) is 13.2. The molecule has 0 saturated heterocycles. The fraction of sp³-hybridized carbons (Fsp3) is 0.429. The second-order valence-electron chi connectivity index (χ2n) is 4.06. The van der Waals surface area contributed by atoms with Gasteiger partial charge in [0.05, 0.1) is 25.4 Å². The van der Waals surface area contributed by atoms with E-state index < -0.39 is 26.2 Å². The Morgan fingerprint density at radius 3 is 2.09 bits per heavy atom. The first-order chi connectivity index (χ1) is 10.3. The third kappa shape index (κ3) is 5.93. The molecule has 0 N–H and O–H groups in total. The predicted octanol–water partition coefficient (Wildman–Crippen LogP) is 4.83. The van der Waals surface area contributed by atoms with Gasteiger partial charge in [-0.15, -0.1) is 0 Å². The molecule has 0 aromatic heterocycles. The van der Waals surface area contributed by atoms with E-state index in [4.69, 9.17) is 13.6 Å². The fourth-order valence-electron chi connectivity index (χ4n) is 1.65. The molecule has 4 nitrogen and oxygen atoms in total. The number of benzene rings is 1. The van der Waals surface area contributed by atoms with Crippen LogP contribution in [0.3, 0.4) is 0 Å². The van der Waals surface area contributed by atoms with E-state index in [0.717, 1.165) is 6.08 Å². The molecule has 0 spiro atoms. The van der Waals surface area contributed by atoms with Gasteiger partial charge in [0.1, 0.15) is 0 Å². The highest BCUT2D eigenvalue weighted by molar-refractivity contribution is 7.48. The van der Waals surface area contributed by atoms with Gasteiger partial charge in [0.25, 0.3) is 0 Å². The van der Waals surface area contributed by atoms with Crippen LogP contribution in [-0.2, 0) is 18.1 Å². The average Bonchev–Trinajstić information content (AvgIpc) is 2.44. The summed E-state index contributed by atoms with van der Waals surface area (Å²) >= 11 is 0. The van der Waals surface area contributed by atoms with Gasteiger partial charge >= 0.3 is 14.0 Å². The quantitative estimate of drug-likeness (QED) is 0.637. The zero-order valence-electron chi connectivity index (χ0n) is 12.3. The predicted molar refractivity (Wildman–Crippen MR) is 77.3 cm³/mol. The van der Waals surface area contributed by atoms with Crippen LogP contribution in [0.15, 0.2) is 36.4 Å². The van der Waals surface area contributed by atoms with Crippen LogP contribution in [-0.4, -0.2) is 26.0 Å². The molecule has 22 heavy (non-hydrogen) atoms. The highest BCUT2D eigenvalue weighted by atomic mass is 31.2. The van der Waals surface area contributed by atoms with E-state index in [0.29, 0.717) is 0 Å². The Kier molecular flexibility index (Phi) is 7.29. The molecule has 0 aliphatic carbocycles. The first-order valence-corrected chi connectivity index (χ1v) is 8.15. The van der Waals surface area contributed by atoms with E-state index in [1.54, 1.807) is 19.9 Å². The van der Waals surface area contributed by atoms with Crippen molar-refractivity contribution in [3.05, 3.63) is 42.0 Å². The molecule has 0 radical (unpaired) electrons. The number of hydrogen-bond acceptors (Lipinski definition) is 4. The summed E-state index contributed by atoms with van der Waals surface area (Å²) in [5.41, 5.74) is -0.867. The summed E-state index contributed by atoms with van der Waals surface area (Å²) in [5.74, 6) is 0. The number of allylic oxidation sites excluding steroid dienone is 1. The maximum absolute atomic E-state index is 13.1. The zero-order chi connectivity index (χ0) is 16.6. The summed E-state index contributed by atoms with van der Waals surface area (Å²) in [7, 11) is -3.83. The van der Waals surface area contributed by atoms with E-state index in [-0.39, 0.29) is 18.8 Å². The van der Waals surface area contributed by atoms with Crippen LogP contribution in [0.25, 0.3) is 5.57 Å². The normalized spacial score (nSPS) is 13.4. The van der Waals surface area contributed by atoms with E-state index in [1.165, 1.54) is 24.3 Å². The van der Waals surface area contributed by atoms with E-state index in [1.807, 2.05) is 0 Å². The molecule has 1 rings (SSSR count). The number of alkyl halides is 3. The summed E-state index contributed by atoms with van der Waals surface area (Å²) < 4.78 is 65.8. The Labute approximate surface area is 127 Å². The van der Waals surface area contributed by atoms with Crippen molar-refractivity contribution in [3.63, 3.8) is 0 Å². The molecular formula is C14H18F3O4P. The van der Waals surface area contributed by atoms with Crippen molar-refractivity contribution in [2.24, 2.45) is 0 Å². The van der Waals surface area contributed by atoms with Gasteiger partial charge < -0.3 is 0 Å². The lowest BCUT2D eigenvalue weighted by molar-refractivity contribution is -0.0692. The van der Waals surface area contributed by atoms with Crippen LogP contribution in [0.4, 0.5) is 13.2 Å². The summed E-state index contributed by atoms with van der Waals surface area (Å²) in [5, 5.41) is 0. The maximum Gasteiger partial charge on any atom is 0.475 e. The lowest BCUT2D eigenvalue weighted by atomic mass is 10.1. The average molecular weight is 338 g/mol. The summed E-state index contributed by atoms with van der Waals surface area (Å²) in [4.78, 5) is 0. The van der Waals surface area contributed by atoms with Gasteiger partial charge in [-0.3, -0.25) is 13.6 Å². The van der Waals surface area contributed by atoms with Crippen LogP contribution in [0, 0.1) is 0 Å². The van der Waals surface area contributed by atoms with E-state index in [9.17, 15) is 17.7 Å². The van der Waals surface area contributed by atoms with Crippen LogP contribution >= 0.6 is 7.82 Å². The van der Waals surface area contributed by atoms with Gasteiger partial charge in [-0.25, -0.2) is 4.57 Å². The third-order valence-electron chi connectivity index (χ3n) is 2.48. The minimum Gasteiger partial charge on any atom is -0.287 e. The summed E-state index contributed by atoms with van der Waals surface area (Å²) in [6.07, 6.45) is -3.73. The first-order valence-electron chi connectivity index (χ1n) is 6.69. The van der Waals surface area contributed by atoms with E-state index >= 15 is 0 Å². The van der Waals surface area contributed by atoms with Gasteiger partial charge in [-0.1, -0.05) is 30.3 Å². The number of hydrogen-bond donors (Lipinski definition) is 0. The number of halogens is 3. The molecule has 0 amide bonds. The molecular weight excluding hydrogens is 320 g/mol. The van der Waals surface area contributed by atoms with E-state index in [2.05, 4.69) is 0 Å².